The Labute approximate surface area is 205 Å². The third-order valence-electron chi connectivity index (χ3n) is 5.52. The van der Waals surface area contributed by atoms with Crippen LogP contribution < -0.4 is 0 Å². The number of ether oxygens (including phenoxy) is 4. The van der Waals surface area contributed by atoms with E-state index in [2.05, 4.69) is 0 Å². The second kappa shape index (κ2) is 12.5. The summed E-state index contributed by atoms with van der Waals surface area (Å²) < 4.78 is 24.6. The average Bonchev–Trinajstić information content (AvgIpc) is 2.86. The Hall–Kier alpha value is -1.92. The molecule has 3 aromatic rings. The maximum atomic E-state index is 6.67. The summed E-state index contributed by atoms with van der Waals surface area (Å²) in [6, 6.07) is 30.0. The van der Waals surface area contributed by atoms with Crippen LogP contribution in [0.15, 0.2) is 91.0 Å². The van der Waals surface area contributed by atoms with Crippen molar-refractivity contribution < 1.29 is 18.9 Å². The summed E-state index contributed by atoms with van der Waals surface area (Å²) in [6.07, 6.45) is -1.32. The van der Waals surface area contributed by atoms with Crippen molar-refractivity contribution in [3.8, 4) is 0 Å². The molecule has 0 saturated carbocycles. The molecule has 4 nitrogen and oxygen atoms in total. The van der Waals surface area contributed by atoms with Crippen LogP contribution in [-0.4, -0.2) is 35.9 Å². The Kier molecular flexibility index (Phi) is 9.18. The first-order chi connectivity index (χ1) is 16.2. The molecular weight excluding hydrogens is 459 g/mol. The first-order valence-corrected chi connectivity index (χ1v) is 11.9. The Morgan fingerprint density at radius 2 is 1.06 bits per heavy atom. The molecular formula is C27H28Cl2O4. The van der Waals surface area contributed by atoms with Crippen molar-refractivity contribution in [3.63, 3.8) is 0 Å². The standard InChI is InChI=1S/C27H28Cl2O4/c28-24-26(32-18-22-14-8-3-9-15-22)25(31-17-21-12-6-2-7-13-21)23(33-27(24)29)19-30-16-20-10-4-1-5-11-20/h1-15,23-27H,16-19H2/t23-,24-,25-,26-,27+/m1/s1. The summed E-state index contributed by atoms with van der Waals surface area (Å²) in [5.41, 5.74) is 2.49. The highest BCUT2D eigenvalue weighted by Gasteiger charge is 2.46. The third kappa shape index (κ3) is 7.03. The van der Waals surface area contributed by atoms with Gasteiger partial charge in [0.05, 0.1) is 26.4 Å². The Morgan fingerprint density at radius 3 is 1.58 bits per heavy atom. The van der Waals surface area contributed by atoms with Crippen LogP contribution in [0.3, 0.4) is 0 Å². The van der Waals surface area contributed by atoms with Crippen LogP contribution in [0.1, 0.15) is 16.7 Å². The van der Waals surface area contributed by atoms with E-state index >= 15 is 0 Å². The lowest BCUT2D eigenvalue weighted by molar-refractivity contribution is -0.203. The molecule has 0 aliphatic carbocycles. The van der Waals surface area contributed by atoms with Crippen LogP contribution >= 0.6 is 23.2 Å². The van der Waals surface area contributed by atoms with Gasteiger partial charge in [0.2, 0.25) is 0 Å². The SMILES string of the molecule is Cl[C@@H]1[C@@H](OCc2ccccc2)[C@H](OCc2ccccc2)[C@@H](COCc2ccccc2)O[C@@H]1Cl. The molecule has 0 spiro atoms. The first-order valence-electron chi connectivity index (χ1n) is 11.1. The molecule has 5 atom stereocenters. The fourth-order valence-corrected chi connectivity index (χ4v) is 4.34. The van der Waals surface area contributed by atoms with Crippen molar-refractivity contribution in [2.75, 3.05) is 6.61 Å². The normalized spacial score (nSPS) is 25.1. The van der Waals surface area contributed by atoms with Gasteiger partial charge < -0.3 is 18.9 Å². The molecule has 0 N–H and O–H groups in total. The second-order valence-corrected chi connectivity index (χ2v) is 8.93. The van der Waals surface area contributed by atoms with Crippen LogP contribution in [0.25, 0.3) is 0 Å². The smallest absolute Gasteiger partial charge is 0.150 e. The maximum absolute atomic E-state index is 6.67. The molecule has 4 rings (SSSR count). The van der Waals surface area contributed by atoms with Gasteiger partial charge in [0.15, 0.2) is 5.56 Å². The molecule has 0 unspecified atom stereocenters. The zero-order valence-electron chi connectivity index (χ0n) is 18.3. The minimum atomic E-state index is -0.714. The van der Waals surface area contributed by atoms with Gasteiger partial charge in [-0.05, 0) is 16.7 Å². The quantitative estimate of drug-likeness (QED) is 0.332. The van der Waals surface area contributed by atoms with Gasteiger partial charge in [-0.2, -0.15) is 0 Å². The highest BCUT2D eigenvalue weighted by atomic mass is 35.5. The predicted molar refractivity (Wildman–Crippen MR) is 130 cm³/mol. The van der Waals surface area contributed by atoms with Crippen LogP contribution in [0.4, 0.5) is 0 Å². The van der Waals surface area contributed by atoms with Crippen molar-refractivity contribution in [1.29, 1.82) is 0 Å². The van der Waals surface area contributed by atoms with Gasteiger partial charge in [0.1, 0.15) is 23.7 Å². The summed E-state index contributed by atoms with van der Waals surface area (Å²) in [5.74, 6) is 0. The zero-order valence-corrected chi connectivity index (χ0v) is 19.8. The van der Waals surface area contributed by atoms with Gasteiger partial charge in [0.25, 0.3) is 0 Å². The summed E-state index contributed by atoms with van der Waals surface area (Å²) in [7, 11) is 0. The molecule has 1 aliphatic rings. The van der Waals surface area contributed by atoms with E-state index in [1.807, 2.05) is 91.0 Å². The van der Waals surface area contributed by atoms with E-state index in [-0.39, 0.29) is 0 Å². The molecule has 174 valence electrons. The van der Waals surface area contributed by atoms with Crippen molar-refractivity contribution >= 4 is 23.2 Å². The molecule has 6 heteroatoms. The Bertz CT molecular complexity index is 942. The largest absolute Gasteiger partial charge is 0.374 e. The van der Waals surface area contributed by atoms with Crippen molar-refractivity contribution in [2.24, 2.45) is 0 Å². The van der Waals surface area contributed by atoms with Gasteiger partial charge in [-0.1, -0.05) is 103 Å². The van der Waals surface area contributed by atoms with Crippen molar-refractivity contribution in [3.05, 3.63) is 108 Å². The van der Waals surface area contributed by atoms with Gasteiger partial charge in [0, 0.05) is 0 Å². The Morgan fingerprint density at radius 1 is 0.606 bits per heavy atom. The number of benzene rings is 3. The minimum absolute atomic E-state index is 0.312. The zero-order chi connectivity index (χ0) is 22.9. The summed E-state index contributed by atoms with van der Waals surface area (Å²) in [5, 5.41) is -0.568. The van der Waals surface area contributed by atoms with E-state index in [1.54, 1.807) is 0 Å². The van der Waals surface area contributed by atoms with Crippen molar-refractivity contribution in [1.82, 2.24) is 0 Å². The first kappa shape index (κ1) is 24.2. The van der Waals surface area contributed by atoms with Crippen LogP contribution in [0, 0.1) is 0 Å². The highest BCUT2D eigenvalue weighted by Crippen LogP contribution is 2.33. The topological polar surface area (TPSA) is 36.9 Å². The highest BCUT2D eigenvalue weighted by molar-refractivity contribution is 6.29. The summed E-state index contributed by atoms with van der Waals surface area (Å²) >= 11 is 13.1. The van der Waals surface area contributed by atoms with E-state index in [0.29, 0.717) is 26.4 Å². The molecule has 33 heavy (non-hydrogen) atoms. The minimum Gasteiger partial charge on any atom is -0.374 e. The van der Waals surface area contributed by atoms with E-state index in [4.69, 9.17) is 42.1 Å². The lowest BCUT2D eigenvalue weighted by Gasteiger charge is -2.42. The summed E-state index contributed by atoms with van der Waals surface area (Å²) in [4.78, 5) is 0. The average molecular weight is 487 g/mol. The van der Waals surface area contributed by atoms with Gasteiger partial charge in [-0.25, -0.2) is 0 Å². The van der Waals surface area contributed by atoms with Crippen LogP contribution in [-0.2, 0) is 38.8 Å². The number of hydrogen-bond donors (Lipinski definition) is 0. The van der Waals surface area contributed by atoms with E-state index in [9.17, 15) is 0 Å². The molecule has 0 aromatic heterocycles. The molecule has 0 amide bonds. The number of alkyl halides is 2. The molecule has 1 fully saturated rings. The molecule has 1 saturated heterocycles. The monoisotopic (exact) mass is 486 g/mol. The van der Waals surface area contributed by atoms with Gasteiger partial charge in [-0.15, -0.1) is 11.6 Å². The molecule has 1 aliphatic heterocycles. The predicted octanol–water partition coefficient (Wildman–Crippen LogP) is 5.95. The third-order valence-corrected chi connectivity index (χ3v) is 6.50. The number of rotatable bonds is 10. The molecule has 0 radical (unpaired) electrons. The lowest BCUT2D eigenvalue weighted by Crippen LogP contribution is -2.57. The van der Waals surface area contributed by atoms with Gasteiger partial charge >= 0.3 is 0 Å². The second-order valence-electron chi connectivity index (χ2n) is 7.99. The molecule has 0 bridgehead atoms. The molecule has 1 heterocycles. The van der Waals surface area contributed by atoms with Crippen LogP contribution in [0.5, 0.6) is 0 Å². The van der Waals surface area contributed by atoms with E-state index in [0.717, 1.165) is 16.7 Å². The number of hydrogen-bond acceptors (Lipinski definition) is 4. The molecule has 3 aromatic carbocycles. The maximum Gasteiger partial charge on any atom is 0.150 e. The number of halogens is 2. The fourth-order valence-electron chi connectivity index (χ4n) is 3.78. The van der Waals surface area contributed by atoms with Gasteiger partial charge in [-0.3, -0.25) is 0 Å². The Balaban J connectivity index is 1.46. The van der Waals surface area contributed by atoms with E-state index in [1.165, 1.54) is 0 Å². The van der Waals surface area contributed by atoms with E-state index < -0.39 is 29.3 Å². The summed E-state index contributed by atoms with van der Waals surface area (Å²) in [6.45, 7) is 1.60. The lowest BCUT2D eigenvalue weighted by atomic mass is 10.0. The fraction of sp³-hybridized carbons (Fsp3) is 0.333. The van der Waals surface area contributed by atoms with Crippen molar-refractivity contribution in [2.45, 2.75) is 49.1 Å². The van der Waals surface area contributed by atoms with Crippen LogP contribution in [0.2, 0.25) is 0 Å².